The highest BCUT2D eigenvalue weighted by molar-refractivity contribution is 5.89. The Kier molecular flexibility index (Phi) is 8.06. The number of nitrogens with one attached hydrogen (secondary N) is 1. The van der Waals surface area contributed by atoms with Gasteiger partial charge in [-0.25, -0.2) is 4.79 Å². The van der Waals surface area contributed by atoms with E-state index in [4.69, 9.17) is 9.47 Å². The number of amides is 2. The van der Waals surface area contributed by atoms with Crippen molar-refractivity contribution in [3.05, 3.63) is 23.8 Å². The fourth-order valence-corrected chi connectivity index (χ4v) is 3.05. The number of phenols is 1. The van der Waals surface area contributed by atoms with Crippen molar-refractivity contribution in [1.82, 2.24) is 10.2 Å². The summed E-state index contributed by atoms with van der Waals surface area (Å²) in [4.78, 5) is 37.6. The van der Waals surface area contributed by atoms with Crippen molar-refractivity contribution in [2.45, 2.75) is 31.7 Å². The second-order valence-corrected chi connectivity index (χ2v) is 6.46. The first-order valence-corrected chi connectivity index (χ1v) is 9.12. The molecule has 0 aromatic heterocycles. The van der Waals surface area contributed by atoms with Crippen LogP contribution in [0.2, 0.25) is 0 Å². The molecule has 9 nitrogen and oxygen atoms in total. The van der Waals surface area contributed by atoms with Crippen molar-refractivity contribution in [2.24, 2.45) is 0 Å². The molecule has 1 aliphatic heterocycles. The smallest absolute Gasteiger partial charge is 0.328 e. The average Bonchev–Trinajstić information content (AvgIpc) is 3.15. The average molecular weight is 393 g/mol. The van der Waals surface area contributed by atoms with Crippen LogP contribution >= 0.6 is 0 Å². The van der Waals surface area contributed by atoms with Crippen LogP contribution in [-0.2, 0) is 25.5 Å². The second-order valence-electron chi connectivity index (χ2n) is 6.46. The van der Waals surface area contributed by atoms with Gasteiger partial charge in [0.2, 0.25) is 11.8 Å². The predicted octanol–water partition coefficient (Wildman–Crippen LogP) is -0.656. The van der Waals surface area contributed by atoms with Crippen LogP contribution in [-0.4, -0.2) is 67.2 Å². The molecule has 0 saturated carbocycles. The number of hydrogen-bond acceptors (Lipinski definition) is 7. The van der Waals surface area contributed by atoms with Crippen LogP contribution in [0.25, 0.3) is 0 Å². The Hall–Kier alpha value is -2.81. The van der Waals surface area contributed by atoms with Crippen LogP contribution in [0.15, 0.2) is 18.2 Å². The molecule has 1 aromatic rings. The predicted molar refractivity (Wildman–Crippen MR) is 96.6 cm³/mol. The summed E-state index contributed by atoms with van der Waals surface area (Å²) in [5.74, 6) is -0.902. The summed E-state index contributed by atoms with van der Waals surface area (Å²) in [6.45, 7) is 0.198. The lowest BCUT2D eigenvalue weighted by atomic mass is 10.1. The van der Waals surface area contributed by atoms with Crippen molar-refractivity contribution in [3.63, 3.8) is 0 Å². The number of nitrogens with zero attached hydrogens (tertiary/aromatic N) is 1. The molecule has 0 unspecified atom stereocenters. The van der Waals surface area contributed by atoms with Crippen LogP contribution < -0.4 is 15.2 Å². The maximum Gasteiger partial charge on any atom is 0.328 e. The van der Waals surface area contributed by atoms with E-state index >= 15 is 0 Å². The first-order valence-electron chi connectivity index (χ1n) is 9.12. The minimum Gasteiger partial charge on any atom is -0.854 e. The molecular weight excluding hydrogens is 368 g/mol. The number of likely N-dealkylation sites (tertiary alicyclic amines) is 1. The van der Waals surface area contributed by atoms with Crippen LogP contribution in [0.3, 0.4) is 0 Å². The first-order chi connectivity index (χ1) is 13.4. The number of phenolic OH excluding ortho intramolecular Hbond substituents is 1. The minimum absolute atomic E-state index is 0.0555. The summed E-state index contributed by atoms with van der Waals surface area (Å²) in [5, 5.41) is 22.7. The highest BCUT2D eigenvalue weighted by atomic mass is 16.5. The lowest BCUT2D eigenvalue weighted by molar-refractivity contribution is -0.368. The van der Waals surface area contributed by atoms with Crippen LogP contribution in [0.1, 0.15) is 24.8 Å². The van der Waals surface area contributed by atoms with Crippen molar-refractivity contribution in [2.75, 3.05) is 33.4 Å². The first kappa shape index (κ1) is 21.5. The summed E-state index contributed by atoms with van der Waals surface area (Å²) in [7, 11) is 1.28. The summed E-state index contributed by atoms with van der Waals surface area (Å²) < 4.78 is 10.1. The molecule has 0 aliphatic carbocycles. The molecule has 2 amide bonds. The number of methoxy groups -OCH3 is 1. The Morgan fingerprint density at radius 1 is 1.32 bits per heavy atom. The van der Waals surface area contributed by atoms with Crippen LogP contribution in [0.4, 0.5) is 0 Å². The van der Waals surface area contributed by atoms with Crippen molar-refractivity contribution in [3.8, 4) is 11.5 Å². The molecule has 9 heteroatoms. The molecule has 28 heavy (non-hydrogen) atoms. The number of carbonyl (C=O) groups excluding carboxylic acids is 3. The Morgan fingerprint density at radius 2 is 2.11 bits per heavy atom. The molecule has 1 saturated heterocycles. The molecule has 2 N–H and O–H groups in total. The van der Waals surface area contributed by atoms with Gasteiger partial charge in [0.15, 0.2) is 0 Å². The SMILES string of the molecule is COC(=O)[C@@H]1CCCN1C(=O)CNC(=O)Cc1cc(O)cc(OCCC[O-])c1. The van der Waals surface area contributed by atoms with Gasteiger partial charge in [-0.3, -0.25) is 9.59 Å². The fraction of sp³-hybridized carbons (Fsp3) is 0.526. The number of hydrogen-bond donors (Lipinski definition) is 2. The highest BCUT2D eigenvalue weighted by Crippen LogP contribution is 2.22. The summed E-state index contributed by atoms with van der Waals surface area (Å²) in [6.07, 6.45) is 1.54. The van der Waals surface area contributed by atoms with Gasteiger partial charge in [-0.15, -0.1) is 6.61 Å². The van der Waals surface area contributed by atoms with Gasteiger partial charge in [0, 0.05) is 12.6 Å². The Bertz CT molecular complexity index is 708. The van der Waals surface area contributed by atoms with E-state index in [2.05, 4.69) is 5.32 Å². The van der Waals surface area contributed by atoms with Crippen molar-refractivity contribution in [1.29, 1.82) is 0 Å². The fourth-order valence-electron chi connectivity index (χ4n) is 3.05. The summed E-state index contributed by atoms with van der Waals surface area (Å²) >= 11 is 0. The van der Waals surface area contributed by atoms with Gasteiger partial charge < -0.3 is 29.9 Å². The molecule has 0 bridgehead atoms. The van der Waals surface area contributed by atoms with Gasteiger partial charge in [0.05, 0.1) is 26.7 Å². The van der Waals surface area contributed by atoms with Gasteiger partial charge in [-0.05, 0) is 37.0 Å². The lowest BCUT2D eigenvalue weighted by Gasteiger charge is -2.22. The normalized spacial score (nSPS) is 15.9. The molecule has 0 radical (unpaired) electrons. The van der Waals surface area contributed by atoms with Crippen LogP contribution in [0, 0.1) is 0 Å². The summed E-state index contributed by atoms with van der Waals surface area (Å²) in [6, 6.07) is 3.82. The van der Waals surface area contributed by atoms with E-state index in [-0.39, 0.29) is 37.8 Å². The highest BCUT2D eigenvalue weighted by Gasteiger charge is 2.34. The number of aromatic hydroxyl groups is 1. The van der Waals surface area contributed by atoms with Gasteiger partial charge in [0.1, 0.15) is 17.5 Å². The lowest BCUT2D eigenvalue weighted by Crippen LogP contribution is -2.46. The second kappa shape index (κ2) is 10.5. The topological polar surface area (TPSA) is 128 Å². The molecule has 0 spiro atoms. The molecule has 1 aromatic carbocycles. The summed E-state index contributed by atoms with van der Waals surface area (Å²) in [5.41, 5.74) is 0.510. The van der Waals surface area contributed by atoms with Crippen molar-refractivity contribution >= 4 is 17.8 Å². The molecular formula is C19H25N2O7-. The van der Waals surface area contributed by atoms with E-state index < -0.39 is 17.9 Å². The maximum absolute atomic E-state index is 12.3. The van der Waals surface area contributed by atoms with E-state index in [0.717, 1.165) is 0 Å². The number of ether oxygens (including phenoxy) is 2. The van der Waals surface area contributed by atoms with E-state index in [0.29, 0.717) is 37.1 Å². The molecule has 154 valence electrons. The zero-order valence-corrected chi connectivity index (χ0v) is 15.8. The van der Waals surface area contributed by atoms with Gasteiger partial charge in [0.25, 0.3) is 0 Å². The molecule has 1 aliphatic rings. The Labute approximate surface area is 163 Å². The quantitative estimate of drug-likeness (QED) is 0.421. The van der Waals surface area contributed by atoms with E-state index in [1.165, 1.54) is 24.1 Å². The van der Waals surface area contributed by atoms with E-state index in [1.807, 2.05) is 0 Å². The largest absolute Gasteiger partial charge is 0.854 e. The number of esters is 1. The number of benzene rings is 1. The molecule has 1 fully saturated rings. The Morgan fingerprint density at radius 3 is 2.82 bits per heavy atom. The monoisotopic (exact) mass is 393 g/mol. The van der Waals surface area contributed by atoms with E-state index in [9.17, 15) is 24.6 Å². The standard InChI is InChI=1S/C19H25N2O7/c1-27-19(26)16-4-2-5-21(16)18(25)12-20-17(24)10-13-8-14(23)11-15(9-13)28-7-3-6-22/h8-9,11,16,23H,2-7,10,12H2,1H3,(H,20,24)/q-1/t16-/m0/s1. The number of carbonyl (C=O) groups is 3. The third kappa shape index (κ3) is 6.12. The maximum atomic E-state index is 12.3. The molecule has 1 heterocycles. The third-order valence-electron chi connectivity index (χ3n) is 4.36. The van der Waals surface area contributed by atoms with Crippen LogP contribution in [0.5, 0.6) is 11.5 Å². The van der Waals surface area contributed by atoms with Gasteiger partial charge >= 0.3 is 5.97 Å². The molecule has 2 rings (SSSR count). The van der Waals surface area contributed by atoms with E-state index in [1.54, 1.807) is 6.07 Å². The minimum atomic E-state index is -0.602. The Balaban J connectivity index is 1.86. The van der Waals surface area contributed by atoms with Gasteiger partial charge in [-0.1, -0.05) is 0 Å². The zero-order chi connectivity index (χ0) is 20.5. The van der Waals surface area contributed by atoms with Crippen molar-refractivity contribution < 1.29 is 34.1 Å². The number of rotatable bonds is 9. The zero-order valence-electron chi connectivity index (χ0n) is 15.8. The third-order valence-corrected chi connectivity index (χ3v) is 4.36. The molecule has 1 atom stereocenters. The van der Waals surface area contributed by atoms with Gasteiger partial charge in [-0.2, -0.15) is 0 Å².